The summed E-state index contributed by atoms with van der Waals surface area (Å²) in [5.74, 6) is 3.69. The minimum Gasteiger partial charge on any atom is -0.251 e. The second kappa shape index (κ2) is 8.85. The van der Waals surface area contributed by atoms with Crippen molar-refractivity contribution in [3.8, 4) is 0 Å². The SMILES string of the molecule is FCCCCC1CCC(C2CCC(c3ccccc3)CC2)CC1. The molecule has 2 saturated carbocycles. The van der Waals surface area contributed by atoms with Gasteiger partial charge in [-0.2, -0.15) is 0 Å². The van der Waals surface area contributed by atoms with Gasteiger partial charge in [-0.05, 0) is 74.2 Å². The molecule has 23 heavy (non-hydrogen) atoms. The second-order valence-corrected chi connectivity index (χ2v) is 7.99. The van der Waals surface area contributed by atoms with Crippen LogP contribution in [-0.2, 0) is 0 Å². The van der Waals surface area contributed by atoms with E-state index in [9.17, 15) is 4.39 Å². The van der Waals surface area contributed by atoms with Crippen molar-refractivity contribution in [3.05, 3.63) is 35.9 Å². The number of hydrogen-bond acceptors (Lipinski definition) is 0. The van der Waals surface area contributed by atoms with Crippen LogP contribution in [0.4, 0.5) is 4.39 Å². The highest BCUT2D eigenvalue weighted by atomic mass is 19.1. The van der Waals surface area contributed by atoms with Crippen LogP contribution in [0.25, 0.3) is 0 Å². The van der Waals surface area contributed by atoms with E-state index < -0.39 is 0 Å². The van der Waals surface area contributed by atoms with E-state index >= 15 is 0 Å². The van der Waals surface area contributed by atoms with Crippen LogP contribution >= 0.6 is 0 Å². The Kier molecular flexibility index (Phi) is 6.54. The number of alkyl halides is 1. The van der Waals surface area contributed by atoms with Crippen LogP contribution in [0.5, 0.6) is 0 Å². The summed E-state index contributed by atoms with van der Waals surface area (Å²) >= 11 is 0. The predicted octanol–water partition coefficient (Wildman–Crippen LogP) is 6.91. The van der Waals surface area contributed by atoms with Gasteiger partial charge in [-0.1, -0.05) is 56.0 Å². The first-order valence-electron chi connectivity index (χ1n) is 9.97. The highest BCUT2D eigenvalue weighted by Crippen LogP contribution is 2.44. The molecule has 0 atom stereocenters. The van der Waals surface area contributed by atoms with Crippen molar-refractivity contribution in [1.29, 1.82) is 0 Å². The lowest BCUT2D eigenvalue weighted by molar-refractivity contribution is 0.155. The molecular formula is C22H33F. The van der Waals surface area contributed by atoms with Crippen molar-refractivity contribution in [1.82, 2.24) is 0 Å². The fourth-order valence-corrected chi connectivity index (χ4v) is 5.12. The molecule has 2 aliphatic rings. The highest BCUT2D eigenvalue weighted by Gasteiger charge is 2.31. The van der Waals surface area contributed by atoms with Crippen LogP contribution in [0.1, 0.15) is 82.1 Å². The van der Waals surface area contributed by atoms with E-state index in [2.05, 4.69) is 30.3 Å². The molecule has 0 unspecified atom stereocenters. The Morgan fingerprint density at radius 2 is 1.35 bits per heavy atom. The molecule has 0 aromatic heterocycles. The van der Waals surface area contributed by atoms with E-state index in [0.29, 0.717) is 0 Å². The van der Waals surface area contributed by atoms with Crippen LogP contribution in [-0.4, -0.2) is 6.67 Å². The zero-order valence-corrected chi connectivity index (χ0v) is 14.6. The van der Waals surface area contributed by atoms with Gasteiger partial charge >= 0.3 is 0 Å². The Labute approximate surface area is 141 Å². The standard InChI is InChI=1S/C22H33F/c23-17-5-4-6-18-9-11-20(12-10-18)22-15-13-21(14-16-22)19-7-2-1-3-8-19/h1-3,7-8,18,20-22H,4-6,9-17H2. The summed E-state index contributed by atoms with van der Waals surface area (Å²) in [4.78, 5) is 0. The quantitative estimate of drug-likeness (QED) is 0.500. The van der Waals surface area contributed by atoms with Crippen molar-refractivity contribution < 1.29 is 4.39 Å². The van der Waals surface area contributed by atoms with Gasteiger partial charge in [0.25, 0.3) is 0 Å². The Morgan fingerprint density at radius 1 is 0.739 bits per heavy atom. The van der Waals surface area contributed by atoms with Gasteiger partial charge in [0, 0.05) is 0 Å². The normalized spacial score (nSPS) is 31.9. The van der Waals surface area contributed by atoms with Gasteiger partial charge in [-0.15, -0.1) is 0 Å². The molecule has 0 heterocycles. The fourth-order valence-electron chi connectivity index (χ4n) is 5.12. The number of benzene rings is 1. The van der Waals surface area contributed by atoms with Gasteiger partial charge in [-0.25, -0.2) is 0 Å². The molecule has 1 aromatic rings. The molecule has 0 saturated heterocycles. The summed E-state index contributed by atoms with van der Waals surface area (Å²) in [7, 11) is 0. The average Bonchev–Trinajstić information content (AvgIpc) is 2.63. The largest absolute Gasteiger partial charge is 0.251 e. The zero-order valence-electron chi connectivity index (χ0n) is 14.6. The Morgan fingerprint density at radius 3 is 1.96 bits per heavy atom. The molecular weight excluding hydrogens is 283 g/mol. The van der Waals surface area contributed by atoms with Crippen LogP contribution in [0.15, 0.2) is 30.3 Å². The third kappa shape index (κ3) is 4.81. The number of rotatable bonds is 6. The third-order valence-corrected chi connectivity index (χ3v) is 6.60. The Bertz CT molecular complexity index is 425. The van der Waals surface area contributed by atoms with Crippen LogP contribution in [0, 0.1) is 17.8 Å². The Hall–Kier alpha value is -0.850. The molecule has 0 N–H and O–H groups in total. The maximum atomic E-state index is 12.2. The summed E-state index contributed by atoms with van der Waals surface area (Å²) in [6.07, 6.45) is 14.5. The number of hydrogen-bond donors (Lipinski definition) is 0. The minimum absolute atomic E-state index is 0.125. The van der Waals surface area contributed by atoms with E-state index in [4.69, 9.17) is 0 Å². The molecule has 0 bridgehead atoms. The summed E-state index contributed by atoms with van der Waals surface area (Å²) < 4.78 is 12.2. The molecule has 128 valence electrons. The molecule has 3 rings (SSSR count). The van der Waals surface area contributed by atoms with Gasteiger partial charge < -0.3 is 0 Å². The summed E-state index contributed by atoms with van der Waals surface area (Å²) in [5.41, 5.74) is 1.56. The molecule has 0 spiro atoms. The molecule has 0 amide bonds. The van der Waals surface area contributed by atoms with Gasteiger partial charge in [0.1, 0.15) is 0 Å². The molecule has 2 fully saturated rings. The first-order chi connectivity index (χ1) is 11.4. The van der Waals surface area contributed by atoms with Crippen molar-refractivity contribution in [3.63, 3.8) is 0 Å². The third-order valence-electron chi connectivity index (χ3n) is 6.60. The van der Waals surface area contributed by atoms with Gasteiger partial charge in [0.05, 0.1) is 6.67 Å². The first kappa shape index (κ1) is 17.0. The zero-order chi connectivity index (χ0) is 15.9. The molecule has 0 aliphatic heterocycles. The highest BCUT2D eigenvalue weighted by molar-refractivity contribution is 5.19. The first-order valence-corrected chi connectivity index (χ1v) is 9.97. The molecule has 2 aliphatic carbocycles. The van der Waals surface area contributed by atoms with Crippen LogP contribution < -0.4 is 0 Å². The number of halogens is 1. The average molecular weight is 317 g/mol. The predicted molar refractivity (Wildman–Crippen MR) is 96.4 cm³/mol. The van der Waals surface area contributed by atoms with Gasteiger partial charge in [-0.3, -0.25) is 4.39 Å². The second-order valence-electron chi connectivity index (χ2n) is 7.99. The van der Waals surface area contributed by atoms with E-state index in [1.165, 1.54) is 57.8 Å². The van der Waals surface area contributed by atoms with Gasteiger partial charge in [0.2, 0.25) is 0 Å². The molecule has 1 aromatic carbocycles. The summed E-state index contributed by atoms with van der Waals surface area (Å²) in [6, 6.07) is 11.1. The van der Waals surface area contributed by atoms with Gasteiger partial charge in [0.15, 0.2) is 0 Å². The minimum atomic E-state index is -0.125. The van der Waals surface area contributed by atoms with E-state index in [1.807, 2.05) is 0 Å². The molecule has 0 nitrogen and oxygen atoms in total. The van der Waals surface area contributed by atoms with Crippen LogP contribution in [0.2, 0.25) is 0 Å². The lowest BCUT2D eigenvalue weighted by Gasteiger charge is -2.38. The lowest BCUT2D eigenvalue weighted by Crippen LogP contribution is -2.25. The lowest BCUT2D eigenvalue weighted by atomic mass is 9.68. The van der Waals surface area contributed by atoms with E-state index in [1.54, 1.807) is 5.56 Å². The monoisotopic (exact) mass is 316 g/mol. The maximum Gasteiger partial charge on any atom is 0.0894 e. The topological polar surface area (TPSA) is 0 Å². The summed E-state index contributed by atoms with van der Waals surface area (Å²) in [5, 5.41) is 0. The summed E-state index contributed by atoms with van der Waals surface area (Å²) in [6.45, 7) is -0.125. The van der Waals surface area contributed by atoms with E-state index in [0.717, 1.165) is 36.5 Å². The van der Waals surface area contributed by atoms with Crippen molar-refractivity contribution in [2.75, 3.05) is 6.67 Å². The van der Waals surface area contributed by atoms with Crippen molar-refractivity contribution in [2.45, 2.75) is 76.5 Å². The van der Waals surface area contributed by atoms with E-state index in [-0.39, 0.29) is 6.67 Å². The van der Waals surface area contributed by atoms with Crippen molar-refractivity contribution >= 4 is 0 Å². The fraction of sp³-hybridized carbons (Fsp3) is 0.727. The maximum absolute atomic E-state index is 12.2. The molecule has 0 radical (unpaired) electrons. The molecule has 1 heteroatoms. The smallest absolute Gasteiger partial charge is 0.0894 e. The Balaban J connectivity index is 1.39. The number of unbranched alkanes of at least 4 members (excludes halogenated alkanes) is 1. The van der Waals surface area contributed by atoms with Crippen LogP contribution in [0.3, 0.4) is 0 Å². The van der Waals surface area contributed by atoms with Crippen molar-refractivity contribution in [2.24, 2.45) is 17.8 Å².